The van der Waals surface area contributed by atoms with Crippen LogP contribution in [0, 0.1) is 0 Å². The van der Waals surface area contributed by atoms with Gasteiger partial charge in [-0.25, -0.2) is 4.39 Å². The van der Waals surface area contributed by atoms with Gasteiger partial charge in [-0.15, -0.1) is 0 Å². The van der Waals surface area contributed by atoms with E-state index in [1.54, 1.807) is 0 Å². The fourth-order valence-electron chi connectivity index (χ4n) is 1.67. The fraction of sp³-hybridized carbons (Fsp3) is 0.143. The number of halogens is 5. The molecule has 1 aromatic rings. The maximum Gasteiger partial charge on any atom is 0.417 e. The lowest BCUT2D eigenvalue weighted by molar-refractivity contribution is -0.137. The second-order valence-electron chi connectivity index (χ2n) is 4.20. The molecule has 1 N–H and O–H groups in total. The van der Waals surface area contributed by atoms with Gasteiger partial charge in [0, 0.05) is 6.54 Å². The Morgan fingerprint density at radius 3 is 2.62 bits per heavy atom. The minimum atomic E-state index is -4.61. The Hall–Kier alpha value is -1.95. The second-order valence-corrected chi connectivity index (χ2v) is 4.60. The van der Waals surface area contributed by atoms with Crippen LogP contribution in [0.4, 0.5) is 17.6 Å². The average molecular weight is 320 g/mol. The smallest absolute Gasteiger partial charge is 0.417 e. The van der Waals surface area contributed by atoms with E-state index >= 15 is 0 Å². The quantitative estimate of drug-likeness (QED) is 0.823. The van der Waals surface area contributed by atoms with Crippen molar-refractivity contribution in [3.8, 4) is 5.75 Å². The highest BCUT2D eigenvalue weighted by Gasteiger charge is 2.33. The van der Waals surface area contributed by atoms with Crippen LogP contribution in [0.1, 0.15) is 5.56 Å². The maximum absolute atomic E-state index is 13.7. The lowest BCUT2D eigenvalue weighted by Gasteiger charge is -2.18. The van der Waals surface area contributed by atoms with Gasteiger partial charge >= 0.3 is 6.18 Å². The normalized spacial score (nSPS) is 15.4. The van der Waals surface area contributed by atoms with Crippen LogP contribution in [0.2, 0.25) is 5.02 Å². The molecule has 0 bridgehead atoms. The van der Waals surface area contributed by atoms with Crippen LogP contribution in [-0.4, -0.2) is 6.54 Å². The summed E-state index contributed by atoms with van der Waals surface area (Å²) < 4.78 is 57.0. The summed E-state index contributed by atoms with van der Waals surface area (Å²) in [7, 11) is 0. The lowest BCUT2D eigenvalue weighted by atomic mass is 10.2. The number of ether oxygens (including phenoxy) is 1. The van der Waals surface area contributed by atoms with Gasteiger partial charge in [-0.1, -0.05) is 24.3 Å². The number of benzene rings is 1. The molecule has 1 aliphatic heterocycles. The third-order valence-electron chi connectivity index (χ3n) is 2.71. The van der Waals surface area contributed by atoms with E-state index in [1.807, 2.05) is 0 Å². The molecule has 7 heteroatoms. The molecule has 1 aromatic carbocycles. The van der Waals surface area contributed by atoms with Crippen molar-refractivity contribution in [1.82, 2.24) is 5.32 Å². The van der Waals surface area contributed by atoms with E-state index in [4.69, 9.17) is 16.3 Å². The molecule has 0 saturated carbocycles. The predicted octanol–water partition coefficient (Wildman–Crippen LogP) is 4.59. The molecule has 1 heterocycles. The summed E-state index contributed by atoms with van der Waals surface area (Å²) in [5, 5.41) is 2.17. The van der Waals surface area contributed by atoms with Gasteiger partial charge in [-0.3, -0.25) is 0 Å². The molecule has 0 unspecified atom stereocenters. The summed E-state index contributed by atoms with van der Waals surface area (Å²) in [6.45, 7) is 3.77. The summed E-state index contributed by atoms with van der Waals surface area (Å²) in [6, 6.07) is 3.00. The van der Waals surface area contributed by atoms with Crippen LogP contribution >= 0.6 is 11.6 Å². The first-order valence-electron chi connectivity index (χ1n) is 5.82. The Labute approximate surface area is 123 Å². The molecule has 112 valence electrons. The molecular weight excluding hydrogens is 310 g/mol. The summed E-state index contributed by atoms with van der Waals surface area (Å²) >= 11 is 5.49. The molecule has 0 spiro atoms. The molecule has 21 heavy (non-hydrogen) atoms. The van der Waals surface area contributed by atoms with Crippen LogP contribution < -0.4 is 10.1 Å². The Morgan fingerprint density at radius 1 is 1.33 bits per heavy atom. The first-order chi connectivity index (χ1) is 9.81. The van der Waals surface area contributed by atoms with Crippen molar-refractivity contribution in [3.05, 3.63) is 64.8 Å². The van der Waals surface area contributed by atoms with E-state index in [1.165, 1.54) is 18.2 Å². The molecule has 0 fully saturated rings. The Balaban J connectivity index is 2.29. The highest BCUT2D eigenvalue weighted by molar-refractivity contribution is 6.31. The van der Waals surface area contributed by atoms with Crippen molar-refractivity contribution in [3.63, 3.8) is 0 Å². The topological polar surface area (TPSA) is 21.3 Å². The zero-order valence-electron chi connectivity index (χ0n) is 10.6. The van der Waals surface area contributed by atoms with E-state index in [0.29, 0.717) is 5.57 Å². The monoisotopic (exact) mass is 319 g/mol. The number of hydrogen-bond acceptors (Lipinski definition) is 2. The van der Waals surface area contributed by atoms with Crippen molar-refractivity contribution < 1.29 is 22.3 Å². The van der Waals surface area contributed by atoms with Crippen molar-refractivity contribution in [2.45, 2.75) is 6.18 Å². The van der Waals surface area contributed by atoms with E-state index in [-0.39, 0.29) is 18.2 Å². The highest BCUT2D eigenvalue weighted by atomic mass is 35.5. The number of dihydropyridines is 1. The highest BCUT2D eigenvalue weighted by Crippen LogP contribution is 2.37. The van der Waals surface area contributed by atoms with Gasteiger partial charge in [-0.05, 0) is 29.8 Å². The van der Waals surface area contributed by atoms with Gasteiger partial charge < -0.3 is 10.1 Å². The van der Waals surface area contributed by atoms with Gasteiger partial charge in [0.1, 0.15) is 5.75 Å². The second kappa shape index (κ2) is 5.81. The number of hydrogen-bond donors (Lipinski definition) is 1. The number of nitrogens with one attached hydrogen (secondary N) is 1. The third-order valence-corrected chi connectivity index (χ3v) is 3.04. The first kappa shape index (κ1) is 15.4. The molecular formula is C14H10ClF4NO. The molecule has 0 aromatic heterocycles. The van der Waals surface area contributed by atoms with Gasteiger partial charge in [0.05, 0.1) is 10.6 Å². The summed E-state index contributed by atoms with van der Waals surface area (Å²) in [6.07, 6.45) is -1.95. The Morgan fingerprint density at radius 2 is 2.05 bits per heavy atom. The van der Waals surface area contributed by atoms with E-state index in [2.05, 4.69) is 11.9 Å². The van der Waals surface area contributed by atoms with Crippen LogP contribution in [-0.2, 0) is 6.18 Å². The lowest BCUT2D eigenvalue weighted by Crippen LogP contribution is -2.24. The van der Waals surface area contributed by atoms with Gasteiger partial charge in [0.2, 0.25) is 5.88 Å². The molecule has 0 aliphatic carbocycles. The first-order valence-corrected chi connectivity index (χ1v) is 6.20. The molecule has 2 rings (SSSR count). The van der Waals surface area contributed by atoms with Gasteiger partial charge in [0.15, 0.2) is 5.83 Å². The molecule has 1 aliphatic rings. The maximum atomic E-state index is 13.7. The van der Waals surface area contributed by atoms with E-state index in [0.717, 1.165) is 12.1 Å². The minimum Gasteiger partial charge on any atom is -0.438 e. The summed E-state index contributed by atoms with van der Waals surface area (Å²) in [4.78, 5) is 0. The number of alkyl halides is 3. The van der Waals surface area contributed by atoms with Crippen LogP contribution in [0.25, 0.3) is 0 Å². The van der Waals surface area contributed by atoms with Crippen LogP contribution in [0.5, 0.6) is 5.75 Å². The standard InChI is InChI=1S/C14H10ClF4NO/c1-2-8-5-12(16)13(20-7-8)21-9-3-4-11(15)10(6-9)14(17,18)19/h2-6,20H,1,7H2. The molecule has 0 amide bonds. The number of rotatable bonds is 3. The van der Waals surface area contributed by atoms with Gasteiger partial charge in [-0.2, -0.15) is 13.2 Å². The predicted molar refractivity (Wildman–Crippen MR) is 71.5 cm³/mol. The van der Waals surface area contributed by atoms with Crippen molar-refractivity contribution >= 4 is 11.6 Å². The van der Waals surface area contributed by atoms with Crippen LogP contribution in [0.15, 0.2) is 54.2 Å². The largest absolute Gasteiger partial charge is 0.438 e. The zero-order chi connectivity index (χ0) is 15.6. The van der Waals surface area contributed by atoms with E-state index < -0.39 is 22.6 Å². The Bertz CT molecular complexity index is 634. The average Bonchev–Trinajstić information content (AvgIpc) is 2.41. The van der Waals surface area contributed by atoms with Crippen LogP contribution in [0.3, 0.4) is 0 Å². The summed E-state index contributed by atoms with van der Waals surface area (Å²) in [5.74, 6) is -1.14. The number of allylic oxidation sites excluding steroid dienone is 2. The minimum absolute atomic E-state index is 0.167. The molecule has 2 nitrogen and oxygen atoms in total. The molecule has 0 saturated heterocycles. The molecule has 0 radical (unpaired) electrons. The Kier molecular flexibility index (Phi) is 4.27. The van der Waals surface area contributed by atoms with E-state index in [9.17, 15) is 17.6 Å². The van der Waals surface area contributed by atoms with Crippen molar-refractivity contribution in [2.75, 3.05) is 6.54 Å². The zero-order valence-corrected chi connectivity index (χ0v) is 11.4. The van der Waals surface area contributed by atoms with Crippen molar-refractivity contribution in [2.24, 2.45) is 0 Å². The molecule has 0 atom stereocenters. The fourth-order valence-corrected chi connectivity index (χ4v) is 1.89. The SMILES string of the molecule is C=CC1=CC(F)=C(Oc2ccc(Cl)c(C(F)(F)F)c2)NC1. The van der Waals surface area contributed by atoms with Crippen molar-refractivity contribution in [1.29, 1.82) is 0 Å². The van der Waals surface area contributed by atoms with Gasteiger partial charge in [0.25, 0.3) is 0 Å². The summed E-state index contributed by atoms with van der Waals surface area (Å²) in [5.41, 5.74) is -0.437. The third kappa shape index (κ3) is 3.58.